The Morgan fingerprint density at radius 3 is 2.60 bits per heavy atom. The monoisotopic (exact) mass is 263 g/mol. The summed E-state index contributed by atoms with van der Waals surface area (Å²) in [4.78, 5) is 4.36. The molecule has 1 heterocycles. The lowest BCUT2D eigenvalue weighted by molar-refractivity contribution is 0.168. The van der Waals surface area contributed by atoms with Crippen molar-refractivity contribution >= 4 is 10.9 Å². The SMILES string of the molecule is OC(CCc1cccc2ncccc12)c1ccccc1. The highest BCUT2D eigenvalue weighted by Crippen LogP contribution is 2.22. The number of benzene rings is 2. The average molecular weight is 263 g/mol. The van der Waals surface area contributed by atoms with E-state index in [9.17, 15) is 5.11 Å². The molecule has 2 aromatic carbocycles. The molecule has 0 aliphatic rings. The fourth-order valence-electron chi connectivity index (χ4n) is 2.52. The normalized spacial score (nSPS) is 12.4. The molecule has 3 aromatic rings. The molecular formula is C18H17NO. The molecule has 1 aromatic heterocycles. The zero-order chi connectivity index (χ0) is 13.8. The van der Waals surface area contributed by atoms with Gasteiger partial charge in [0.15, 0.2) is 0 Å². The van der Waals surface area contributed by atoms with Crippen LogP contribution in [0.3, 0.4) is 0 Å². The van der Waals surface area contributed by atoms with Gasteiger partial charge in [-0.3, -0.25) is 4.98 Å². The zero-order valence-corrected chi connectivity index (χ0v) is 11.2. The number of aromatic nitrogens is 1. The molecule has 0 spiro atoms. The number of aryl methyl sites for hydroxylation is 1. The lowest BCUT2D eigenvalue weighted by atomic mass is 9.99. The molecule has 0 amide bonds. The van der Waals surface area contributed by atoms with Gasteiger partial charge in [0.05, 0.1) is 11.6 Å². The number of nitrogens with zero attached hydrogens (tertiary/aromatic N) is 1. The van der Waals surface area contributed by atoms with E-state index in [-0.39, 0.29) is 0 Å². The van der Waals surface area contributed by atoms with Crippen LogP contribution in [0, 0.1) is 0 Å². The predicted molar refractivity (Wildman–Crippen MR) is 81.5 cm³/mol. The van der Waals surface area contributed by atoms with Crippen LogP contribution in [-0.4, -0.2) is 10.1 Å². The fraction of sp³-hybridized carbons (Fsp3) is 0.167. The minimum absolute atomic E-state index is 0.414. The van der Waals surface area contributed by atoms with Gasteiger partial charge < -0.3 is 5.11 Å². The van der Waals surface area contributed by atoms with Crippen molar-refractivity contribution in [2.24, 2.45) is 0 Å². The van der Waals surface area contributed by atoms with Gasteiger partial charge in [-0.25, -0.2) is 0 Å². The van der Waals surface area contributed by atoms with E-state index >= 15 is 0 Å². The quantitative estimate of drug-likeness (QED) is 0.774. The predicted octanol–water partition coefficient (Wildman–Crippen LogP) is 3.90. The molecule has 0 fully saturated rings. The summed E-state index contributed by atoms with van der Waals surface area (Å²) in [5.74, 6) is 0. The van der Waals surface area contributed by atoms with E-state index < -0.39 is 6.10 Å². The van der Waals surface area contributed by atoms with Gasteiger partial charge in [-0.05, 0) is 36.1 Å². The average Bonchev–Trinajstić information content (AvgIpc) is 2.53. The first kappa shape index (κ1) is 12.8. The Morgan fingerprint density at radius 2 is 1.75 bits per heavy atom. The van der Waals surface area contributed by atoms with Crippen LogP contribution in [0.2, 0.25) is 0 Å². The zero-order valence-electron chi connectivity index (χ0n) is 11.2. The van der Waals surface area contributed by atoms with E-state index in [1.807, 2.05) is 54.7 Å². The highest BCUT2D eigenvalue weighted by atomic mass is 16.3. The van der Waals surface area contributed by atoms with Gasteiger partial charge >= 0.3 is 0 Å². The molecule has 0 aliphatic heterocycles. The molecule has 0 saturated carbocycles. The van der Waals surface area contributed by atoms with Crippen LogP contribution in [0.5, 0.6) is 0 Å². The third-order valence-electron chi connectivity index (χ3n) is 3.61. The van der Waals surface area contributed by atoms with Crippen molar-refractivity contribution in [3.63, 3.8) is 0 Å². The lowest BCUT2D eigenvalue weighted by Gasteiger charge is -2.12. The number of aliphatic hydroxyl groups is 1. The van der Waals surface area contributed by atoms with Crippen molar-refractivity contribution in [3.05, 3.63) is 78.0 Å². The van der Waals surface area contributed by atoms with Crippen LogP contribution in [0.15, 0.2) is 66.9 Å². The third-order valence-corrected chi connectivity index (χ3v) is 3.61. The van der Waals surface area contributed by atoms with Gasteiger partial charge in [-0.1, -0.05) is 48.5 Å². The molecule has 1 unspecified atom stereocenters. The minimum Gasteiger partial charge on any atom is -0.388 e. The van der Waals surface area contributed by atoms with E-state index in [0.29, 0.717) is 0 Å². The summed E-state index contributed by atoms with van der Waals surface area (Å²) in [5.41, 5.74) is 3.23. The summed E-state index contributed by atoms with van der Waals surface area (Å²) in [6.45, 7) is 0. The van der Waals surface area contributed by atoms with Crippen LogP contribution in [0.4, 0.5) is 0 Å². The summed E-state index contributed by atoms with van der Waals surface area (Å²) >= 11 is 0. The van der Waals surface area contributed by atoms with E-state index in [2.05, 4.69) is 17.1 Å². The van der Waals surface area contributed by atoms with Gasteiger partial charge in [0, 0.05) is 11.6 Å². The summed E-state index contributed by atoms with van der Waals surface area (Å²) in [7, 11) is 0. The first-order chi connectivity index (χ1) is 9.84. The maximum absolute atomic E-state index is 10.2. The summed E-state index contributed by atoms with van der Waals surface area (Å²) in [6.07, 6.45) is 2.96. The second-order valence-electron chi connectivity index (χ2n) is 4.95. The molecule has 0 aliphatic carbocycles. The maximum atomic E-state index is 10.2. The van der Waals surface area contributed by atoms with Gasteiger partial charge in [0.2, 0.25) is 0 Å². The number of hydrogen-bond acceptors (Lipinski definition) is 2. The van der Waals surface area contributed by atoms with Crippen LogP contribution in [-0.2, 0) is 6.42 Å². The van der Waals surface area contributed by atoms with Crippen LogP contribution in [0.25, 0.3) is 10.9 Å². The second kappa shape index (κ2) is 5.85. The Bertz CT molecular complexity index is 689. The van der Waals surface area contributed by atoms with Crippen LogP contribution in [0.1, 0.15) is 23.7 Å². The molecule has 100 valence electrons. The van der Waals surface area contributed by atoms with Gasteiger partial charge in [-0.2, -0.15) is 0 Å². The third kappa shape index (κ3) is 2.70. The smallest absolute Gasteiger partial charge is 0.0793 e. The Morgan fingerprint density at radius 1 is 0.900 bits per heavy atom. The highest BCUT2D eigenvalue weighted by molar-refractivity contribution is 5.81. The molecule has 20 heavy (non-hydrogen) atoms. The van der Waals surface area contributed by atoms with E-state index in [1.165, 1.54) is 10.9 Å². The maximum Gasteiger partial charge on any atom is 0.0793 e. The molecular weight excluding hydrogens is 246 g/mol. The minimum atomic E-state index is -0.414. The Hall–Kier alpha value is -2.19. The molecule has 2 nitrogen and oxygen atoms in total. The summed E-state index contributed by atoms with van der Waals surface area (Å²) in [6, 6.07) is 20.0. The van der Waals surface area contributed by atoms with Crippen molar-refractivity contribution in [2.45, 2.75) is 18.9 Å². The number of rotatable bonds is 4. The largest absolute Gasteiger partial charge is 0.388 e. The molecule has 0 bridgehead atoms. The number of fused-ring (bicyclic) bond motifs is 1. The number of hydrogen-bond donors (Lipinski definition) is 1. The van der Waals surface area contributed by atoms with Crippen LogP contribution < -0.4 is 0 Å². The van der Waals surface area contributed by atoms with Gasteiger partial charge in [0.25, 0.3) is 0 Å². The molecule has 1 N–H and O–H groups in total. The Balaban J connectivity index is 1.77. The van der Waals surface area contributed by atoms with Crippen molar-refractivity contribution in [1.82, 2.24) is 4.98 Å². The van der Waals surface area contributed by atoms with E-state index in [0.717, 1.165) is 23.9 Å². The van der Waals surface area contributed by atoms with E-state index in [4.69, 9.17) is 0 Å². The molecule has 1 atom stereocenters. The van der Waals surface area contributed by atoms with Crippen molar-refractivity contribution in [1.29, 1.82) is 0 Å². The molecule has 0 radical (unpaired) electrons. The standard InChI is InChI=1S/C18H17NO/c20-18(15-6-2-1-3-7-15)12-11-14-8-4-10-17-16(14)9-5-13-19-17/h1-10,13,18,20H,11-12H2. The van der Waals surface area contributed by atoms with Crippen LogP contribution >= 0.6 is 0 Å². The summed E-state index contributed by atoms with van der Waals surface area (Å²) in [5, 5.41) is 11.4. The Labute approximate surface area is 118 Å². The fourth-order valence-corrected chi connectivity index (χ4v) is 2.52. The summed E-state index contributed by atoms with van der Waals surface area (Å²) < 4.78 is 0. The second-order valence-corrected chi connectivity index (χ2v) is 4.95. The van der Waals surface area contributed by atoms with E-state index in [1.54, 1.807) is 0 Å². The topological polar surface area (TPSA) is 33.1 Å². The number of aliphatic hydroxyl groups excluding tert-OH is 1. The van der Waals surface area contributed by atoms with Crippen molar-refractivity contribution < 1.29 is 5.11 Å². The van der Waals surface area contributed by atoms with Crippen molar-refractivity contribution in [2.75, 3.05) is 0 Å². The Kier molecular flexibility index (Phi) is 3.75. The van der Waals surface area contributed by atoms with Gasteiger partial charge in [0.1, 0.15) is 0 Å². The number of pyridine rings is 1. The van der Waals surface area contributed by atoms with Gasteiger partial charge in [-0.15, -0.1) is 0 Å². The molecule has 2 heteroatoms. The molecule has 0 saturated heterocycles. The first-order valence-corrected chi connectivity index (χ1v) is 6.90. The lowest BCUT2D eigenvalue weighted by Crippen LogP contribution is -2.00. The molecule has 3 rings (SSSR count). The first-order valence-electron chi connectivity index (χ1n) is 6.90. The van der Waals surface area contributed by atoms with Crippen molar-refractivity contribution in [3.8, 4) is 0 Å². The highest BCUT2D eigenvalue weighted by Gasteiger charge is 2.08.